The van der Waals surface area contributed by atoms with Crippen LogP contribution >= 0.6 is 0 Å². The van der Waals surface area contributed by atoms with Crippen molar-refractivity contribution in [3.63, 3.8) is 0 Å². The number of benzene rings is 1. The molecule has 4 nitrogen and oxygen atoms in total. The van der Waals surface area contributed by atoms with Crippen LogP contribution in [0.5, 0.6) is 11.5 Å². The number of hydrogen-bond donors (Lipinski definition) is 1. The predicted octanol–water partition coefficient (Wildman–Crippen LogP) is 1.93. The number of aromatic amines is 1. The van der Waals surface area contributed by atoms with Gasteiger partial charge in [0, 0.05) is 17.5 Å². The van der Waals surface area contributed by atoms with Crippen molar-refractivity contribution in [3.8, 4) is 11.5 Å². The van der Waals surface area contributed by atoms with Crippen molar-refractivity contribution in [2.24, 2.45) is 0 Å². The predicted molar refractivity (Wildman–Crippen MR) is 61.2 cm³/mol. The number of aldehydes is 1. The third-order valence-electron chi connectivity index (χ3n) is 2.51. The van der Waals surface area contributed by atoms with Crippen LogP contribution in [0.4, 0.5) is 0 Å². The molecule has 0 atom stereocenters. The smallest absolute Gasteiger partial charge is 0.143 e. The van der Waals surface area contributed by atoms with Crippen LogP contribution in [0.2, 0.25) is 0 Å². The first-order chi connectivity index (χ1) is 7.80. The Labute approximate surface area is 93.2 Å². The molecule has 2 rings (SSSR count). The Morgan fingerprint density at radius 3 is 2.56 bits per heavy atom. The van der Waals surface area contributed by atoms with E-state index in [1.165, 1.54) is 0 Å². The fourth-order valence-corrected chi connectivity index (χ4v) is 1.77. The van der Waals surface area contributed by atoms with E-state index in [1.54, 1.807) is 14.2 Å². The van der Waals surface area contributed by atoms with E-state index in [4.69, 9.17) is 9.47 Å². The summed E-state index contributed by atoms with van der Waals surface area (Å²) in [7, 11) is 3.23. The zero-order chi connectivity index (χ0) is 11.5. The number of rotatable bonds is 4. The van der Waals surface area contributed by atoms with E-state index in [1.807, 2.05) is 18.2 Å². The summed E-state index contributed by atoms with van der Waals surface area (Å²) in [5.74, 6) is 1.51. The quantitative estimate of drug-likeness (QED) is 0.799. The number of hydrogen-bond acceptors (Lipinski definition) is 3. The van der Waals surface area contributed by atoms with Crippen molar-refractivity contribution in [1.29, 1.82) is 0 Å². The highest BCUT2D eigenvalue weighted by Gasteiger charge is 2.10. The SMILES string of the molecule is COc1ccc(OC)c2[nH]c(CC=O)cc12. The molecule has 0 spiro atoms. The molecule has 2 aromatic rings. The molecule has 0 bridgehead atoms. The van der Waals surface area contributed by atoms with Gasteiger partial charge >= 0.3 is 0 Å². The van der Waals surface area contributed by atoms with Crippen molar-refractivity contribution in [3.05, 3.63) is 23.9 Å². The number of ether oxygens (including phenoxy) is 2. The van der Waals surface area contributed by atoms with Gasteiger partial charge in [0.05, 0.1) is 19.7 Å². The molecule has 0 amide bonds. The first kappa shape index (κ1) is 10.5. The highest BCUT2D eigenvalue weighted by atomic mass is 16.5. The molecular formula is C12H13NO3. The third kappa shape index (κ3) is 1.62. The van der Waals surface area contributed by atoms with Crippen LogP contribution in [0.15, 0.2) is 18.2 Å². The lowest BCUT2D eigenvalue weighted by molar-refractivity contribution is -0.107. The van der Waals surface area contributed by atoms with E-state index in [-0.39, 0.29) is 0 Å². The van der Waals surface area contributed by atoms with Gasteiger partial charge in [0.25, 0.3) is 0 Å². The van der Waals surface area contributed by atoms with Gasteiger partial charge in [0.1, 0.15) is 17.8 Å². The van der Waals surface area contributed by atoms with Gasteiger partial charge in [-0.05, 0) is 18.2 Å². The lowest BCUT2D eigenvalue weighted by atomic mass is 10.2. The normalized spacial score (nSPS) is 10.4. The molecule has 16 heavy (non-hydrogen) atoms. The topological polar surface area (TPSA) is 51.3 Å². The number of aromatic nitrogens is 1. The number of H-pyrrole nitrogens is 1. The van der Waals surface area contributed by atoms with Crippen LogP contribution in [0.1, 0.15) is 5.69 Å². The van der Waals surface area contributed by atoms with Gasteiger partial charge < -0.3 is 19.3 Å². The number of carbonyl (C=O) groups is 1. The molecule has 0 saturated carbocycles. The Bertz CT molecular complexity index is 475. The minimum Gasteiger partial charge on any atom is -0.496 e. The van der Waals surface area contributed by atoms with Gasteiger partial charge in [-0.2, -0.15) is 0 Å². The first-order valence-corrected chi connectivity index (χ1v) is 4.96. The largest absolute Gasteiger partial charge is 0.496 e. The van der Waals surface area contributed by atoms with Gasteiger partial charge in [-0.3, -0.25) is 0 Å². The van der Waals surface area contributed by atoms with E-state index in [9.17, 15) is 4.79 Å². The summed E-state index contributed by atoms with van der Waals surface area (Å²) >= 11 is 0. The monoisotopic (exact) mass is 219 g/mol. The molecule has 1 aromatic carbocycles. The molecule has 1 heterocycles. The molecule has 0 fully saturated rings. The number of fused-ring (bicyclic) bond motifs is 1. The third-order valence-corrected chi connectivity index (χ3v) is 2.51. The fraction of sp³-hybridized carbons (Fsp3) is 0.250. The molecule has 0 radical (unpaired) electrons. The lowest BCUT2D eigenvalue weighted by Gasteiger charge is -2.05. The summed E-state index contributed by atoms with van der Waals surface area (Å²) in [4.78, 5) is 13.6. The summed E-state index contributed by atoms with van der Waals surface area (Å²) in [5, 5.41) is 0.929. The maximum Gasteiger partial charge on any atom is 0.143 e. The standard InChI is InChI=1S/C12H13NO3/c1-15-10-3-4-11(16-2)12-9(10)7-8(13-12)5-6-14/h3-4,6-7,13H,5H2,1-2H3. The molecule has 1 N–H and O–H groups in total. The zero-order valence-corrected chi connectivity index (χ0v) is 9.24. The molecule has 0 aliphatic rings. The van der Waals surface area contributed by atoms with Crippen LogP contribution < -0.4 is 9.47 Å². The summed E-state index contributed by atoms with van der Waals surface area (Å²) in [6, 6.07) is 5.59. The Morgan fingerprint density at radius 2 is 1.94 bits per heavy atom. The van der Waals surface area contributed by atoms with Gasteiger partial charge in [-0.25, -0.2) is 0 Å². The van der Waals surface area contributed by atoms with Crippen molar-refractivity contribution < 1.29 is 14.3 Å². The van der Waals surface area contributed by atoms with Crippen LogP contribution in [0.3, 0.4) is 0 Å². The zero-order valence-electron chi connectivity index (χ0n) is 9.24. The Hall–Kier alpha value is -1.97. The highest BCUT2D eigenvalue weighted by molar-refractivity contribution is 5.91. The second-order valence-corrected chi connectivity index (χ2v) is 3.42. The number of carbonyl (C=O) groups excluding carboxylic acids is 1. The Morgan fingerprint density at radius 1 is 1.25 bits per heavy atom. The highest BCUT2D eigenvalue weighted by Crippen LogP contribution is 2.33. The number of methoxy groups -OCH3 is 2. The van der Waals surface area contributed by atoms with Gasteiger partial charge in [-0.1, -0.05) is 0 Å². The van der Waals surface area contributed by atoms with E-state index < -0.39 is 0 Å². The van der Waals surface area contributed by atoms with Crippen LogP contribution in [-0.4, -0.2) is 25.5 Å². The average molecular weight is 219 g/mol. The van der Waals surface area contributed by atoms with Crippen LogP contribution in [0.25, 0.3) is 10.9 Å². The van der Waals surface area contributed by atoms with Gasteiger partial charge in [-0.15, -0.1) is 0 Å². The minimum absolute atomic E-state index is 0.362. The minimum atomic E-state index is 0.362. The van der Waals surface area contributed by atoms with E-state index in [0.29, 0.717) is 6.42 Å². The van der Waals surface area contributed by atoms with E-state index in [0.717, 1.165) is 34.4 Å². The number of nitrogens with one attached hydrogen (secondary N) is 1. The second-order valence-electron chi connectivity index (χ2n) is 3.42. The fourth-order valence-electron chi connectivity index (χ4n) is 1.77. The lowest BCUT2D eigenvalue weighted by Crippen LogP contribution is -1.88. The molecule has 1 aromatic heterocycles. The summed E-state index contributed by atoms with van der Waals surface area (Å²) in [6.07, 6.45) is 1.23. The average Bonchev–Trinajstić information content (AvgIpc) is 2.71. The molecule has 0 unspecified atom stereocenters. The molecule has 0 aliphatic carbocycles. The first-order valence-electron chi connectivity index (χ1n) is 4.96. The maximum absolute atomic E-state index is 10.5. The van der Waals surface area contributed by atoms with Crippen molar-refractivity contribution >= 4 is 17.2 Å². The maximum atomic E-state index is 10.5. The Balaban J connectivity index is 2.65. The molecule has 4 heteroatoms. The molecular weight excluding hydrogens is 206 g/mol. The van der Waals surface area contributed by atoms with Crippen molar-refractivity contribution in [1.82, 2.24) is 4.98 Å². The molecule has 0 saturated heterocycles. The van der Waals surface area contributed by atoms with Gasteiger partial charge in [0.2, 0.25) is 0 Å². The second kappa shape index (κ2) is 4.26. The van der Waals surface area contributed by atoms with Crippen molar-refractivity contribution in [2.75, 3.05) is 14.2 Å². The molecule has 0 aliphatic heterocycles. The molecule has 84 valence electrons. The summed E-state index contributed by atoms with van der Waals surface area (Å²) < 4.78 is 10.5. The van der Waals surface area contributed by atoms with Crippen LogP contribution in [0, 0.1) is 0 Å². The summed E-state index contributed by atoms with van der Waals surface area (Å²) in [6.45, 7) is 0. The van der Waals surface area contributed by atoms with Gasteiger partial charge in [0.15, 0.2) is 0 Å². The van der Waals surface area contributed by atoms with E-state index in [2.05, 4.69) is 4.98 Å². The Kier molecular flexibility index (Phi) is 2.81. The van der Waals surface area contributed by atoms with Crippen molar-refractivity contribution in [2.45, 2.75) is 6.42 Å². The summed E-state index contributed by atoms with van der Waals surface area (Å²) in [5.41, 5.74) is 1.71. The van der Waals surface area contributed by atoms with Crippen LogP contribution in [-0.2, 0) is 11.2 Å². The van der Waals surface area contributed by atoms with E-state index >= 15 is 0 Å².